The third-order valence-electron chi connectivity index (χ3n) is 4.22. The van der Waals surface area contributed by atoms with E-state index >= 15 is 0 Å². The van der Waals surface area contributed by atoms with Crippen molar-refractivity contribution in [2.24, 2.45) is 11.7 Å². The van der Waals surface area contributed by atoms with Crippen LogP contribution in [0.25, 0.3) is 0 Å². The highest BCUT2D eigenvalue weighted by atomic mass is 19.4. The van der Waals surface area contributed by atoms with Gasteiger partial charge in [-0.2, -0.15) is 13.2 Å². The van der Waals surface area contributed by atoms with Gasteiger partial charge in [0.2, 0.25) is 5.91 Å². The predicted octanol–water partition coefficient (Wildman–Crippen LogP) is 4.00. The molecule has 1 amide bonds. The van der Waals surface area contributed by atoms with Crippen LogP contribution in [0, 0.1) is 5.92 Å². The number of alkyl halides is 3. The van der Waals surface area contributed by atoms with Gasteiger partial charge in [0.15, 0.2) is 0 Å². The lowest BCUT2D eigenvalue weighted by Gasteiger charge is -2.26. The maximum atomic E-state index is 13.1. The molecule has 0 heterocycles. The molecule has 0 saturated heterocycles. The summed E-state index contributed by atoms with van der Waals surface area (Å²) in [5, 5.41) is 0. The van der Waals surface area contributed by atoms with E-state index in [1.54, 1.807) is 6.92 Å². The third kappa shape index (κ3) is 4.60. The minimum Gasteiger partial charge on any atom is -0.341 e. The van der Waals surface area contributed by atoms with Crippen molar-refractivity contribution in [1.82, 2.24) is 4.90 Å². The van der Waals surface area contributed by atoms with Gasteiger partial charge in [0.1, 0.15) is 0 Å². The summed E-state index contributed by atoms with van der Waals surface area (Å²) in [6.07, 6.45) is -4.45. The molecule has 0 saturated carbocycles. The number of amides is 1. The van der Waals surface area contributed by atoms with Gasteiger partial charge in [-0.3, -0.25) is 4.79 Å². The lowest BCUT2D eigenvalue weighted by atomic mass is 9.94. The summed E-state index contributed by atoms with van der Waals surface area (Å²) in [6, 6.07) is 13.9. The number of rotatable bonds is 5. The van der Waals surface area contributed by atoms with Crippen LogP contribution in [0.1, 0.15) is 29.7 Å². The molecule has 2 aromatic rings. The SMILES string of the molecule is CC(C(=O)N(C)Cc1ccccc1C(F)(F)F)C(N)c1ccccc1. The summed E-state index contributed by atoms with van der Waals surface area (Å²) in [6.45, 7) is 1.56. The van der Waals surface area contributed by atoms with Crippen molar-refractivity contribution in [2.45, 2.75) is 25.7 Å². The van der Waals surface area contributed by atoms with Crippen LogP contribution in [0.5, 0.6) is 0 Å². The maximum absolute atomic E-state index is 13.1. The van der Waals surface area contributed by atoms with E-state index in [9.17, 15) is 18.0 Å². The number of benzene rings is 2. The van der Waals surface area contributed by atoms with Crippen LogP contribution in [0.15, 0.2) is 54.6 Å². The second kappa shape index (κ2) is 7.70. The van der Waals surface area contributed by atoms with Crippen LogP contribution in [-0.4, -0.2) is 17.9 Å². The Bertz CT molecular complexity index is 716. The number of hydrogen-bond donors (Lipinski definition) is 1. The average Bonchev–Trinajstić information content (AvgIpc) is 2.60. The molecule has 2 atom stereocenters. The van der Waals surface area contributed by atoms with Gasteiger partial charge in [0, 0.05) is 19.6 Å². The Morgan fingerprint density at radius 2 is 1.64 bits per heavy atom. The zero-order valence-electron chi connectivity index (χ0n) is 14.1. The zero-order chi connectivity index (χ0) is 18.6. The molecule has 25 heavy (non-hydrogen) atoms. The lowest BCUT2D eigenvalue weighted by molar-refractivity contribution is -0.140. The number of carbonyl (C=O) groups is 1. The van der Waals surface area contributed by atoms with E-state index in [0.29, 0.717) is 0 Å². The van der Waals surface area contributed by atoms with E-state index in [4.69, 9.17) is 5.73 Å². The van der Waals surface area contributed by atoms with Gasteiger partial charge < -0.3 is 10.6 Å². The predicted molar refractivity (Wildman–Crippen MR) is 90.5 cm³/mol. The Kier molecular flexibility index (Phi) is 5.85. The minimum atomic E-state index is -4.45. The first-order valence-electron chi connectivity index (χ1n) is 7.92. The van der Waals surface area contributed by atoms with Crippen molar-refractivity contribution in [3.63, 3.8) is 0 Å². The fourth-order valence-electron chi connectivity index (χ4n) is 2.73. The molecule has 134 valence electrons. The molecule has 2 rings (SSSR count). The van der Waals surface area contributed by atoms with Gasteiger partial charge in [-0.15, -0.1) is 0 Å². The van der Waals surface area contributed by atoms with Crippen LogP contribution < -0.4 is 5.73 Å². The van der Waals surface area contributed by atoms with Crippen molar-refractivity contribution in [2.75, 3.05) is 7.05 Å². The molecule has 2 unspecified atom stereocenters. The second-order valence-corrected chi connectivity index (χ2v) is 6.07. The van der Waals surface area contributed by atoms with Crippen molar-refractivity contribution >= 4 is 5.91 Å². The third-order valence-corrected chi connectivity index (χ3v) is 4.22. The van der Waals surface area contributed by atoms with Gasteiger partial charge in [0.25, 0.3) is 0 Å². The highest BCUT2D eigenvalue weighted by Crippen LogP contribution is 2.32. The van der Waals surface area contributed by atoms with E-state index in [0.717, 1.165) is 11.6 Å². The topological polar surface area (TPSA) is 46.3 Å². The van der Waals surface area contributed by atoms with Gasteiger partial charge >= 0.3 is 6.18 Å². The molecule has 2 aromatic carbocycles. The smallest absolute Gasteiger partial charge is 0.341 e. The Morgan fingerprint density at radius 3 is 2.24 bits per heavy atom. The molecule has 0 aliphatic carbocycles. The Balaban J connectivity index is 2.13. The second-order valence-electron chi connectivity index (χ2n) is 6.07. The molecule has 0 bridgehead atoms. The standard InChI is InChI=1S/C19H21F3N2O/c1-13(17(23)14-8-4-3-5-9-14)18(25)24(2)12-15-10-6-7-11-16(15)19(20,21)22/h3-11,13,17H,12,23H2,1-2H3. The van der Waals surface area contributed by atoms with Crippen molar-refractivity contribution in [1.29, 1.82) is 0 Å². The molecule has 2 N–H and O–H groups in total. The molecule has 6 heteroatoms. The Morgan fingerprint density at radius 1 is 1.08 bits per heavy atom. The number of nitrogens with two attached hydrogens (primary N) is 1. The van der Waals surface area contributed by atoms with Crippen LogP contribution in [0.4, 0.5) is 13.2 Å². The first-order valence-corrected chi connectivity index (χ1v) is 7.92. The molecule has 0 spiro atoms. The van der Waals surface area contributed by atoms with E-state index < -0.39 is 23.7 Å². The first kappa shape index (κ1) is 19.0. The highest BCUT2D eigenvalue weighted by Gasteiger charge is 2.34. The molecule has 3 nitrogen and oxygen atoms in total. The van der Waals surface area contributed by atoms with E-state index in [-0.39, 0.29) is 18.0 Å². The van der Waals surface area contributed by atoms with Gasteiger partial charge in [-0.05, 0) is 17.2 Å². The van der Waals surface area contributed by atoms with Crippen LogP contribution >= 0.6 is 0 Å². The first-order chi connectivity index (χ1) is 11.7. The van der Waals surface area contributed by atoms with E-state index in [2.05, 4.69) is 0 Å². The van der Waals surface area contributed by atoms with Gasteiger partial charge in [0.05, 0.1) is 11.5 Å². The number of nitrogens with zero attached hydrogens (tertiary/aromatic N) is 1. The van der Waals surface area contributed by atoms with E-state index in [1.807, 2.05) is 30.3 Å². The summed E-state index contributed by atoms with van der Waals surface area (Å²) in [4.78, 5) is 13.9. The quantitative estimate of drug-likeness (QED) is 0.886. The van der Waals surface area contributed by atoms with Crippen LogP contribution in [0.2, 0.25) is 0 Å². The van der Waals surface area contributed by atoms with Crippen LogP contribution in [-0.2, 0) is 17.5 Å². The van der Waals surface area contributed by atoms with Crippen LogP contribution in [0.3, 0.4) is 0 Å². The van der Waals surface area contributed by atoms with Crippen molar-refractivity contribution in [3.05, 3.63) is 71.3 Å². The molecule has 0 radical (unpaired) electrons. The minimum absolute atomic E-state index is 0.0614. The summed E-state index contributed by atoms with van der Waals surface area (Å²) in [5.74, 6) is -0.848. The fourth-order valence-corrected chi connectivity index (χ4v) is 2.73. The molecule has 0 aliphatic heterocycles. The Hall–Kier alpha value is -2.34. The molecular formula is C19H21F3N2O. The summed E-state index contributed by atoms with van der Waals surface area (Å²) >= 11 is 0. The molecule has 0 aromatic heterocycles. The highest BCUT2D eigenvalue weighted by molar-refractivity contribution is 5.79. The summed E-state index contributed by atoms with van der Waals surface area (Å²) in [5.41, 5.74) is 6.29. The van der Waals surface area contributed by atoms with E-state index in [1.165, 1.54) is 30.1 Å². The largest absolute Gasteiger partial charge is 0.416 e. The lowest BCUT2D eigenvalue weighted by Crippen LogP contribution is -2.37. The van der Waals surface area contributed by atoms with Crippen molar-refractivity contribution in [3.8, 4) is 0 Å². The molecule has 0 fully saturated rings. The van der Waals surface area contributed by atoms with Gasteiger partial charge in [-0.1, -0.05) is 55.5 Å². The number of hydrogen-bond acceptors (Lipinski definition) is 2. The summed E-state index contributed by atoms with van der Waals surface area (Å²) in [7, 11) is 1.49. The normalized spacial score (nSPS) is 14.0. The average molecular weight is 350 g/mol. The number of carbonyl (C=O) groups excluding carboxylic acids is 1. The monoisotopic (exact) mass is 350 g/mol. The maximum Gasteiger partial charge on any atom is 0.416 e. The molecular weight excluding hydrogens is 329 g/mol. The van der Waals surface area contributed by atoms with Gasteiger partial charge in [-0.25, -0.2) is 0 Å². The number of halogens is 3. The molecule has 0 aliphatic rings. The fraction of sp³-hybridized carbons (Fsp3) is 0.316. The Labute approximate surface area is 145 Å². The van der Waals surface area contributed by atoms with Crippen molar-refractivity contribution < 1.29 is 18.0 Å². The zero-order valence-corrected chi connectivity index (χ0v) is 14.1. The summed E-state index contributed by atoms with van der Waals surface area (Å²) < 4.78 is 39.3.